The Balaban J connectivity index is 2.93. The number of halogens is 3. The summed E-state index contributed by atoms with van der Waals surface area (Å²) >= 11 is 5.16. The molecule has 0 saturated carbocycles. The molecule has 2 nitrogen and oxygen atoms in total. The fraction of sp³-hybridized carbons (Fsp3) is 0.100. The van der Waals surface area contributed by atoms with Gasteiger partial charge < -0.3 is 4.74 Å². The predicted molar refractivity (Wildman–Crippen MR) is 51.0 cm³/mol. The van der Waals surface area contributed by atoms with Crippen molar-refractivity contribution in [2.75, 3.05) is 0 Å². The minimum atomic E-state index is -3.70. The van der Waals surface area contributed by atoms with Crippen LogP contribution in [0.5, 0.6) is 5.75 Å². The largest absolute Gasteiger partial charge is 0.468 e. The fourth-order valence-corrected chi connectivity index (χ4v) is 0.977. The van der Waals surface area contributed by atoms with Gasteiger partial charge in [0.15, 0.2) is 0 Å². The lowest BCUT2D eigenvalue weighted by atomic mass is 10.2. The summed E-state index contributed by atoms with van der Waals surface area (Å²) in [6, 6.07) is 5.06. The van der Waals surface area contributed by atoms with E-state index < -0.39 is 11.4 Å². The highest BCUT2D eigenvalue weighted by Gasteiger charge is 2.28. The number of carbonyl (C=O) groups is 1. The fourth-order valence-electron chi connectivity index (χ4n) is 0.859. The van der Waals surface area contributed by atoms with Crippen molar-refractivity contribution in [2.24, 2.45) is 0 Å². The first-order chi connectivity index (χ1) is 6.94. The first kappa shape index (κ1) is 11.5. The highest BCUT2D eigenvalue weighted by molar-refractivity contribution is 6.67. The number of hydrogen-bond acceptors (Lipinski definition) is 2. The van der Waals surface area contributed by atoms with E-state index in [2.05, 4.69) is 11.2 Å². The predicted octanol–water partition coefficient (Wildman–Crippen LogP) is 2.67. The molecule has 0 unspecified atom stereocenters. The zero-order valence-electron chi connectivity index (χ0n) is 7.34. The van der Waals surface area contributed by atoms with Gasteiger partial charge in [0.25, 0.3) is 5.24 Å². The standard InChI is InChI=1S/C10H5ClF2O2/c1-2-10(12,13)15-8-5-3-4-7(6-8)9(11)14/h1,3-6H. The van der Waals surface area contributed by atoms with Crippen LogP contribution in [0.15, 0.2) is 24.3 Å². The lowest BCUT2D eigenvalue weighted by molar-refractivity contribution is -0.122. The Morgan fingerprint density at radius 2 is 2.20 bits per heavy atom. The average molecular weight is 231 g/mol. The maximum absolute atomic E-state index is 12.6. The van der Waals surface area contributed by atoms with E-state index in [9.17, 15) is 13.6 Å². The molecule has 0 bridgehead atoms. The van der Waals surface area contributed by atoms with E-state index in [0.717, 1.165) is 6.07 Å². The van der Waals surface area contributed by atoms with Crippen LogP contribution in [-0.2, 0) is 0 Å². The van der Waals surface area contributed by atoms with Gasteiger partial charge in [-0.3, -0.25) is 4.79 Å². The van der Waals surface area contributed by atoms with Crippen molar-refractivity contribution in [3.05, 3.63) is 29.8 Å². The van der Waals surface area contributed by atoms with Gasteiger partial charge in [-0.25, -0.2) is 0 Å². The van der Waals surface area contributed by atoms with E-state index >= 15 is 0 Å². The van der Waals surface area contributed by atoms with E-state index in [0.29, 0.717) is 0 Å². The molecule has 0 N–H and O–H groups in total. The van der Waals surface area contributed by atoms with E-state index in [1.54, 1.807) is 0 Å². The second-order valence-electron chi connectivity index (χ2n) is 2.56. The maximum Gasteiger partial charge on any atom is 0.468 e. The van der Waals surface area contributed by atoms with Crippen LogP contribution in [0.1, 0.15) is 10.4 Å². The summed E-state index contributed by atoms with van der Waals surface area (Å²) in [6.07, 6.45) is 0.834. The first-order valence-corrected chi connectivity index (χ1v) is 4.17. The molecule has 5 heteroatoms. The molecular weight excluding hydrogens is 226 g/mol. The molecule has 0 amide bonds. The lowest BCUT2D eigenvalue weighted by Gasteiger charge is -2.11. The summed E-state index contributed by atoms with van der Waals surface area (Å²) in [5, 5.41) is -0.760. The van der Waals surface area contributed by atoms with Gasteiger partial charge in [0.05, 0.1) is 0 Å². The molecule has 1 rings (SSSR count). The molecule has 0 aliphatic carbocycles. The Morgan fingerprint density at radius 3 is 2.73 bits per heavy atom. The second kappa shape index (κ2) is 4.28. The summed E-state index contributed by atoms with van der Waals surface area (Å²) in [7, 11) is 0. The topological polar surface area (TPSA) is 26.3 Å². The van der Waals surface area contributed by atoms with Crippen LogP contribution >= 0.6 is 11.6 Å². The van der Waals surface area contributed by atoms with E-state index in [4.69, 9.17) is 11.6 Å². The van der Waals surface area contributed by atoms with Gasteiger partial charge in [-0.15, -0.1) is 6.42 Å². The van der Waals surface area contributed by atoms with E-state index in [-0.39, 0.29) is 11.3 Å². The third-order valence-electron chi connectivity index (χ3n) is 1.48. The first-order valence-electron chi connectivity index (χ1n) is 3.79. The van der Waals surface area contributed by atoms with Gasteiger partial charge in [-0.2, -0.15) is 8.78 Å². The summed E-state index contributed by atoms with van der Waals surface area (Å²) in [6.45, 7) is 0. The maximum atomic E-state index is 12.6. The van der Waals surface area contributed by atoms with Crippen molar-refractivity contribution in [2.45, 2.75) is 6.11 Å². The van der Waals surface area contributed by atoms with Gasteiger partial charge in [0.2, 0.25) is 0 Å². The zero-order valence-corrected chi connectivity index (χ0v) is 8.09. The monoisotopic (exact) mass is 230 g/mol. The highest BCUT2D eigenvalue weighted by Crippen LogP contribution is 2.22. The smallest absolute Gasteiger partial charge is 0.423 e. The van der Waals surface area contributed by atoms with Crippen LogP contribution < -0.4 is 4.74 Å². The number of rotatable bonds is 3. The van der Waals surface area contributed by atoms with Crippen molar-refractivity contribution in [1.82, 2.24) is 0 Å². The third kappa shape index (κ3) is 3.22. The van der Waals surface area contributed by atoms with Crippen LogP contribution in [0.2, 0.25) is 0 Å². The lowest BCUT2D eigenvalue weighted by Crippen LogP contribution is -2.21. The summed E-state index contributed by atoms with van der Waals surface area (Å²) < 4.78 is 29.4. The summed E-state index contributed by atoms with van der Waals surface area (Å²) in [5.41, 5.74) is 0.0574. The Bertz CT molecular complexity index is 424. The van der Waals surface area contributed by atoms with Crippen molar-refractivity contribution in [3.63, 3.8) is 0 Å². The minimum absolute atomic E-state index is 0.0574. The van der Waals surface area contributed by atoms with Crippen LogP contribution in [0.4, 0.5) is 8.78 Å². The summed E-state index contributed by atoms with van der Waals surface area (Å²) in [5.74, 6) is 0.947. The van der Waals surface area contributed by atoms with Crippen molar-refractivity contribution in [3.8, 4) is 18.1 Å². The quantitative estimate of drug-likeness (QED) is 0.590. The van der Waals surface area contributed by atoms with Gasteiger partial charge in [0, 0.05) is 11.5 Å². The minimum Gasteiger partial charge on any atom is -0.423 e. The Kier molecular flexibility index (Phi) is 3.28. The summed E-state index contributed by atoms with van der Waals surface area (Å²) in [4.78, 5) is 10.7. The SMILES string of the molecule is C#CC(F)(F)Oc1cccc(C(=O)Cl)c1. The van der Waals surface area contributed by atoms with Gasteiger partial charge in [-0.1, -0.05) is 6.07 Å². The molecule has 1 aromatic carbocycles. The number of hydrogen-bond donors (Lipinski definition) is 0. The van der Waals surface area contributed by atoms with Gasteiger partial charge in [-0.05, 0) is 29.8 Å². The molecule has 0 saturated heterocycles. The van der Waals surface area contributed by atoms with Crippen LogP contribution in [0, 0.1) is 12.3 Å². The average Bonchev–Trinajstić information content (AvgIpc) is 2.17. The number of benzene rings is 1. The Morgan fingerprint density at radius 1 is 1.53 bits per heavy atom. The molecule has 0 aliphatic heterocycles. The third-order valence-corrected chi connectivity index (χ3v) is 1.69. The molecule has 0 atom stereocenters. The highest BCUT2D eigenvalue weighted by atomic mass is 35.5. The Labute approximate surface area is 89.8 Å². The molecule has 15 heavy (non-hydrogen) atoms. The normalized spacial score (nSPS) is 10.5. The molecule has 0 radical (unpaired) electrons. The molecule has 0 heterocycles. The second-order valence-corrected chi connectivity index (χ2v) is 2.91. The van der Waals surface area contributed by atoms with E-state index in [1.165, 1.54) is 24.1 Å². The molecule has 0 spiro atoms. The molecule has 0 aliphatic rings. The van der Waals surface area contributed by atoms with Crippen LogP contribution in [0.3, 0.4) is 0 Å². The van der Waals surface area contributed by atoms with Crippen LogP contribution in [0.25, 0.3) is 0 Å². The van der Waals surface area contributed by atoms with Gasteiger partial charge in [0.1, 0.15) is 5.75 Å². The molecule has 0 fully saturated rings. The number of terminal acetylenes is 1. The number of ether oxygens (including phenoxy) is 1. The van der Waals surface area contributed by atoms with Gasteiger partial charge >= 0.3 is 6.11 Å². The van der Waals surface area contributed by atoms with Crippen molar-refractivity contribution >= 4 is 16.8 Å². The molecule has 1 aromatic rings. The number of alkyl halides is 2. The Hall–Kier alpha value is -1.60. The zero-order chi connectivity index (χ0) is 11.5. The van der Waals surface area contributed by atoms with Crippen LogP contribution in [-0.4, -0.2) is 11.4 Å². The van der Waals surface area contributed by atoms with Crippen molar-refractivity contribution in [1.29, 1.82) is 0 Å². The molecule has 78 valence electrons. The van der Waals surface area contributed by atoms with Crippen molar-refractivity contribution < 1.29 is 18.3 Å². The molecular formula is C10H5ClF2O2. The molecule has 0 aromatic heterocycles. The van der Waals surface area contributed by atoms with E-state index in [1.807, 2.05) is 0 Å². The number of carbonyl (C=O) groups excluding carboxylic acids is 1.